The Hall–Kier alpha value is -2.60. The number of rotatable bonds is 3. The van der Waals surface area contributed by atoms with Gasteiger partial charge in [0.05, 0.1) is 16.5 Å². The van der Waals surface area contributed by atoms with Crippen LogP contribution in [0.1, 0.15) is 16.9 Å². The number of aromatic nitrogens is 2. The lowest BCUT2D eigenvalue weighted by molar-refractivity contribution is 0.0512. The van der Waals surface area contributed by atoms with E-state index in [0.29, 0.717) is 5.69 Å². The number of carbonyl (C=O) groups excluding carboxylic acids is 1. The van der Waals surface area contributed by atoms with Crippen LogP contribution in [0.3, 0.4) is 0 Å². The van der Waals surface area contributed by atoms with Crippen molar-refractivity contribution in [3.05, 3.63) is 66.6 Å². The number of likely N-dealkylation sites (tertiary alicyclic amines) is 1. The summed E-state index contributed by atoms with van der Waals surface area (Å²) in [5.41, 5.74) is 1.38. The van der Waals surface area contributed by atoms with Crippen LogP contribution in [-0.2, 0) is 0 Å². The molecule has 2 aliphatic heterocycles. The molecule has 0 saturated carbocycles. The molecule has 0 aliphatic carbocycles. The minimum Gasteiger partial charge on any atom is -0.488 e. The number of hydrogen-bond acceptors (Lipinski definition) is 5. The van der Waals surface area contributed by atoms with Crippen molar-refractivity contribution >= 4 is 28.6 Å². The second-order valence-corrected chi connectivity index (χ2v) is 8.67. The van der Waals surface area contributed by atoms with E-state index in [4.69, 9.17) is 4.74 Å². The minimum absolute atomic E-state index is 0.0172. The molecule has 1 spiro atoms. The van der Waals surface area contributed by atoms with E-state index in [9.17, 15) is 4.79 Å². The third-order valence-corrected chi connectivity index (χ3v) is 6.75. The average Bonchev–Trinajstić information content (AvgIpc) is 3.11. The zero-order chi connectivity index (χ0) is 18.3. The van der Waals surface area contributed by atoms with Gasteiger partial charge in [0, 0.05) is 36.8 Å². The van der Waals surface area contributed by atoms with Gasteiger partial charge in [-0.25, -0.2) is 4.98 Å². The summed E-state index contributed by atoms with van der Waals surface area (Å²) >= 11 is 1.92. The second-order valence-electron chi connectivity index (χ2n) is 7.18. The molecular weight excluding hydrogens is 358 g/mol. The van der Waals surface area contributed by atoms with Crippen molar-refractivity contribution < 1.29 is 9.53 Å². The molecule has 1 atom stereocenters. The maximum Gasteiger partial charge on any atom is 0.272 e. The Bertz CT molecular complexity index is 989. The second kappa shape index (κ2) is 6.53. The summed E-state index contributed by atoms with van der Waals surface area (Å²) < 4.78 is 6.16. The summed E-state index contributed by atoms with van der Waals surface area (Å²) in [5.74, 6) is 1.78. The highest BCUT2D eigenvalue weighted by Crippen LogP contribution is 2.46. The van der Waals surface area contributed by atoms with Crippen molar-refractivity contribution in [2.45, 2.75) is 17.3 Å². The van der Waals surface area contributed by atoms with E-state index >= 15 is 0 Å². The van der Waals surface area contributed by atoms with E-state index in [1.165, 1.54) is 0 Å². The Balaban J connectivity index is 1.23. The highest BCUT2D eigenvalue weighted by atomic mass is 32.2. The molecule has 6 heteroatoms. The van der Waals surface area contributed by atoms with Gasteiger partial charge in [0.25, 0.3) is 5.91 Å². The van der Waals surface area contributed by atoms with Gasteiger partial charge in [-0.1, -0.05) is 24.3 Å². The summed E-state index contributed by atoms with van der Waals surface area (Å²) in [6, 6.07) is 15.5. The topological polar surface area (TPSA) is 55.3 Å². The lowest BCUT2D eigenvalue weighted by Gasteiger charge is -2.47. The Kier molecular flexibility index (Phi) is 4.01. The van der Waals surface area contributed by atoms with Crippen molar-refractivity contribution in [1.82, 2.24) is 14.9 Å². The number of nitrogens with zero attached hydrogens (tertiary/aromatic N) is 3. The minimum atomic E-state index is 0.0172. The van der Waals surface area contributed by atoms with Crippen LogP contribution in [0, 0.1) is 0 Å². The van der Waals surface area contributed by atoms with Crippen LogP contribution >= 0.6 is 11.8 Å². The molecule has 1 aromatic carbocycles. The van der Waals surface area contributed by atoms with Gasteiger partial charge in [-0.15, -0.1) is 11.8 Å². The van der Waals surface area contributed by atoms with Gasteiger partial charge in [0.15, 0.2) is 0 Å². The summed E-state index contributed by atoms with van der Waals surface area (Å²) in [6.07, 6.45) is 4.63. The number of fused-ring (bicyclic) bond motifs is 1. The van der Waals surface area contributed by atoms with Crippen molar-refractivity contribution in [3.63, 3.8) is 0 Å². The summed E-state index contributed by atoms with van der Waals surface area (Å²) in [4.78, 5) is 23.3. The van der Waals surface area contributed by atoms with Crippen LogP contribution in [0.25, 0.3) is 10.9 Å². The normalized spacial score (nSPS) is 20.6. The molecule has 27 heavy (non-hydrogen) atoms. The van der Waals surface area contributed by atoms with Crippen LogP contribution in [0.4, 0.5) is 0 Å². The quantitative estimate of drug-likeness (QED) is 0.700. The number of carbonyl (C=O) groups is 1. The van der Waals surface area contributed by atoms with E-state index < -0.39 is 0 Å². The Morgan fingerprint density at radius 2 is 2.04 bits per heavy atom. The third kappa shape index (κ3) is 3.14. The summed E-state index contributed by atoms with van der Waals surface area (Å²) in [7, 11) is 0. The highest BCUT2D eigenvalue weighted by molar-refractivity contribution is 8.01. The molecule has 2 aliphatic rings. The van der Waals surface area contributed by atoms with E-state index in [-0.39, 0.29) is 16.8 Å². The molecule has 5 nitrogen and oxygen atoms in total. The number of benzene rings is 1. The first-order chi connectivity index (χ1) is 13.2. The van der Waals surface area contributed by atoms with E-state index in [1.54, 1.807) is 12.4 Å². The van der Waals surface area contributed by atoms with Gasteiger partial charge < -0.3 is 9.64 Å². The number of ether oxygens (including phenoxy) is 1. The van der Waals surface area contributed by atoms with Crippen LogP contribution < -0.4 is 4.74 Å². The fourth-order valence-electron chi connectivity index (χ4n) is 3.85. The number of pyridine rings is 2. The predicted molar refractivity (Wildman–Crippen MR) is 106 cm³/mol. The van der Waals surface area contributed by atoms with Crippen LogP contribution in [0.15, 0.2) is 60.9 Å². The monoisotopic (exact) mass is 377 g/mol. The fourth-order valence-corrected chi connectivity index (χ4v) is 5.37. The Morgan fingerprint density at radius 1 is 1.15 bits per heavy atom. The van der Waals surface area contributed by atoms with Crippen molar-refractivity contribution in [2.75, 3.05) is 18.8 Å². The number of amides is 1. The maximum atomic E-state index is 12.8. The lowest BCUT2D eigenvalue weighted by atomic mass is 9.92. The Labute approximate surface area is 161 Å². The molecule has 1 amide bonds. The van der Waals surface area contributed by atoms with E-state index in [0.717, 1.165) is 41.9 Å². The average molecular weight is 377 g/mol. The van der Waals surface area contributed by atoms with Gasteiger partial charge in [-0.05, 0) is 24.3 Å². The molecule has 3 aromatic rings. The van der Waals surface area contributed by atoms with E-state index in [2.05, 4.69) is 9.97 Å². The molecule has 5 rings (SSSR count). The lowest BCUT2D eigenvalue weighted by Crippen LogP contribution is -2.61. The smallest absolute Gasteiger partial charge is 0.272 e. The summed E-state index contributed by atoms with van der Waals surface area (Å²) in [5, 5.41) is 1.05. The van der Waals surface area contributed by atoms with Crippen molar-refractivity contribution in [3.8, 4) is 5.75 Å². The number of para-hydroxylation sites is 1. The summed E-state index contributed by atoms with van der Waals surface area (Å²) in [6.45, 7) is 1.52. The predicted octanol–water partition coefficient (Wildman–Crippen LogP) is 3.41. The molecular formula is C21H19N3O2S. The van der Waals surface area contributed by atoms with Gasteiger partial charge >= 0.3 is 0 Å². The van der Waals surface area contributed by atoms with Crippen molar-refractivity contribution in [2.24, 2.45) is 0 Å². The maximum absolute atomic E-state index is 12.8. The van der Waals surface area contributed by atoms with Crippen LogP contribution in [0.2, 0.25) is 0 Å². The molecule has 2 aromatic heterocycles. The first kappa shape index (κ1) is 16.6. The van der Waals surface area contributed by atoms with Gasteiger partial charge in [0.2, 0.25) is 0 Å². The number of thioether (sulfide) groups is 1. The van der Waals surface area contributed by atoms with E-state index in [1.807, 2.05) is 65.2 Å². The molecule has 136 valence electrons. The fraction of sp³-hybridized carbons (Fsp3) is 0.286. The SMILES string of the molecule is O=C(c1ccc2ccccc2n1)N1CC2(CC(Oc3cccnc3)CS2)C1. The standard InChI is InChI=1S/C21H19N3O2S/c25-20(19-8-7-15-4-1-2-6-18(15)23-19)24-13-21(14-24)10-17(12-27-21)26-16-5-3-9-22-11-16/h1-9,11,17H,10,12-14H2. The molecule has 4 heterocycles. The molecule has 2 saturated heterocycles. The Morgan fingerprint density at radius 3 is 2.89 bits per heavy atom. The van der Waals surface area contributed by atoms with Crippen molar-refractivity contribution in [1.29, 1.82) is 0 Å². The molecule has 0 N–H and O–H groups in total. The molecule has 1 unspecified atom stereocenters. The molecule has 2 fully saturated rings. The highest BCUT2D eigenvalue weighted by Gasteiger charge is 2.51. The largest absolute Gasteiger partial charge is 0.488 e. The zero-order valence-corrected chi connectivity index (χ0v) is 15.6. The van der Waals surface area contributed by atoms with Crippen LogP contribution in [-0.4, -0.2) is 50.5 Å². The van der Waals surface area contributed by atoms with Gasteiger partial charge in [0.1, 0.15) is 17.5 Å². The molecule has 0 radical (unpaired) electrons. The van der Waals surface area contributed by atoms with Crippen LogP contribution in [0.5, 0.6) is 5.75 Å². The zero-order valence-electron chi connectivity index (χ0n) is 14.7. The third-order valence-electron chi connectivity index (χ3n) is 5.18. The molecule has 0 bridgehead atoms. The first-order valence-electron chi connectivity index (χ1n) is 9.07. The number of hydrogen-bond donors (Lipinski definition) is 0. The van der Waals surface area contributed by atoms with Gasteiger partial charge in [-0.2, -0.15) is 0 Å². The first-order valence-corrected chi connectivity index (χ1v) is 10.1. The van der Waals surface area contributed by atoms with Gasteiger partial charge in [-0.3, -0.25) is 9.78 Å².